The Kier molecular flexibility index (Phi) is 3.84. The molecule has 0 heterocycles. The highest BCUT2D eigenvalue weighted by Crippen LogP contribution is 2.24. The Morgan fingerprint density at radius 1 is 1.33 bits per heavy atom. The number of anilines is 1. The quantitative estimate of drug-likeness (QED) is 0.820. The van der Waals surface area contributed by atoms with Crippen LogP contribution in [0.25, 0.3) is 0 Å². The summed E-state index contributed by atoms with van der Waals surface area (Å²) in [6, 6.07) is 4.35. The van der Waals surface area contributed by atoms with Crippen molar-refractivity contribution in [3.05, 3.63) is 29.6 Å². The zero-order valence-corrected chi connectivity index (χ0v) is 10.7. The lowest BCUT2D eigenvalue weighted by atomic mass is 9.94. The molecule has 0 aliphatic heterocycles. The number of carbonyl (C=O) groups excluding carboxylic acids is 1. The maximum absolute atomic E-state index is 13.6. The van der Waals surface area contributed by atoms with Crippen molar-refractivity contribution >= 4 is 11.6 Å². The highest BCUT2D eigenvalue weighted by Gasteiger charge is 2.24. The van der Waals surface area contributed by atoms with Gasteiger partial charge in [-0.2, -0.15) is 0 Å². The molecule has 0 unspecified atom stereocenters. The molecule has 0 spiro atoms. The van der Waals surface area contributed by atoms with Crippen LogP contribution >= 0.6 is 0 Å². The zero-order valence-electron chi connectivity index (χ0n) is 10.7. The maximum atomic E-state index is 13.6. The minimum Gasteiger partial charge on any atom is -0.399 e. The van der Waals surface area contributed by atoms with Crippen LogP contribution in [0.1, 0.15) is 42.5 Å². The van der Waals surface area contributed by atoms with Gasteiger partial charge in [0.2, 0.25) is 0 Å². The number of hydrogen-bond donors (Lipinski definition) is 1. The van der Waals surface area contributed by atoms with Crippen molar-refractivity contribution in [2.45, 2.75) is 38.1 Å². The van der Waals surface area contributed by atoms with Crippen molar-refractivity contribution in [3.8, 4) is 0 Å². The minimum absolute atomic E-state index is 0.0723. The fourth-order valence-corrected chi connectivity index (χ4v) is 2.53. The smallest absolute Gasteiger partial charge is 0.256 e. The molecule has 0 aromatic heterocycles. The third-order valence-electron chi connectivity index (χ3n) is 3.66. The van der Waals surface area contributed by atoms with Gasteiger partial charge in [-0.15, -0.1) is 0 Å². The van der Waals surface area contributed by atoms with E-state index in [4.69, 9.17) is 5.73 Å². The summed E-state index contributed by atoms with van der Waals surface area (Å²) in [4.78, 5) is 13.9. The van der Waals surface area contributed by atoms with Crippen molar-refractivity contribution in [2.75, 3.05) is 12.8 Å². The van der Waals surface area contributed by atoms with Gasteiger partial charge < -0.3 is 10.6 Å². The topological polar surface area (TPSA) is 46.3 Å². The first-order valence-electron chi connectivity index (χ1n) is 6.42. The van der Waals surface area contributed by atoms with Gasteiger partial charge in [-0.1, -0.05) is 19.3 Å². The molecular weight excluding hydrogens is 231 g/mol. The summed E-state index contributed by atoms with van der Waals surface area (Å²) in [6.07, 6.45) is 5.52. The molecule has 0 atom stereocenters. The lowest BCUT2D eigenvalue weighted by Gasteiger charge is -2.31. The summed E-state index contributed by atoms with van der Waals surface area (Å²) >= 11 is 0. The van der Waals surface area contributed by atoms with Gasteiger partial charge in [-0.05, 0) is 31.0 Å². The van der Waals surface area contributed by atoms with E-state index in [-0.39, 0.29) is 17.5 Å². The Bertz CT molecular complexity index is 441. The average molecular weight is 250 g/mol. The SMILES string of the molecule is CN(C(=O)c1cc(N)ccc1F)C1CCCCC1. The number of hydrogen-bond acceptors (Lipinski definition) is 2. The number of nitrogens with two attached hydrogens (primary N) is 1. The van der Waals surface area contributed by atoms with Gasteiger partial charge in [0.1, 0.15) is 5.82 Å². The van der Waals surface area contributed by atoms with Crippen molar-refractivity contribution in [1.82, 2.24) is 4.90 Å². The molecule has 2 rings (SSSR count). The number of amides is 1. The lowest BCUT2D eigenvalue weighted by Crippen LogP contribution is -2.38. The molecule has 1 saturated carbocycles. The molecule has 3 nitrogen and oxygen atoms in total. The van der Waals surface area contributed by atoms with E-state index in [2.05, 4.69) is 0 Å². The summed E-state index contributed by atoms with van der Waals surface area (Å²) < 4.78 is 13.6. The molecule has 1 aromatic carbocycles. The first kappa shape index (κ1) is 12.9. The fourth-order valence-electron chi connectivity index (χ4n) is 2.53. The van der Waals surface area contributed by atoms with Crippen LogP contribution in [-0.4, -0.2) is 23.9 Å². The number of halogens is 1. The van der Waals surface area contributed by atoms with Crippen LogP contribution < -0.4 is 5.73 Å². The Labute approximate surface area is 107 Å². The number of benzene rings is 1. The van der Waals surface area contributed by atoms with Crippen LogP contribution in [-0.2, 0) is 0 Å². The molecule has 98 valence electrons. The second kappa shape index (κ2) is 5.38. The second-order valence-corrected chi connectivity index (χ2v) is 4.95. The normalized spacial score (nSPS) is 16.6. The maximum Gasteiger partial charge on any atom is 0.256 e. The van der Waals surface area contributed by atoms with Crippen molar-refractivity contribution in [1.29, 1.82) is 0 Å². The third-order valence-corrected chi connectivity index (χ3v) is 3.66. The first-order chi connectivity index (χ1) is 8.59. The summed E-state index contributed by atoms with van der Waals surface area (Å²) in [6.45, 7) is 0. The molecule has 0 bridgehead atoms. The number of nitrogen functional groups attached to an aromatic ring is 1. The fraction of sp³-hybridized carbons (Fsp3) is 0.500. The van der Waals surface area contributed by atoms with E-state index in [1.165, 1.54) is 24.6 Å². The molecule has 0 radical (unpaired) electrons. The minimum atomic E-state index is -0.503. The van der Waals surface area contributed by atoms with Crippen molar-refractivity contribution in [2.24, 2.45) is 0 Å². The van der Waals surface area contributed by atoms with Gasteiger partial charge in [0.25, 0.3) is 5.91 Å². The highest BCUT2D eigenvalue weighted by molar-refractivity contribution is 5.95. The van der Waals surface area contributed by atoms with E-state index in [0.717, 1.165) is 25.7 Å². The molecule has 0 saturated heterocycles. The molecule has 2 N–H and O–H groups in total. The van der Waals surface area contributed by atoms with Crippen LogP contribution in [0.2, 0.25) is 0 Å². The van der Waals surface area contributed by atoms with Crippen molar-refractivity contribution in [3.63, 3.8) is 0 Å². The van der Waals surface area contributed by atoms with Crippen LogP contribution in [0.5, 0.6) is 0 Å². The Morgan fingerprint density at radius 2 is 2.00 bits per heavy atom. The van der Waals surface area contributed by atoms with Crippen LogP contribution in [0, 0.1) is 5.82 Å². The first-order valence-corrected chi connectivity index (χ1v) is 6.42. The van der Waals surface area contributed by atoms with Crippen LogP contribution in [0.3, 0.4) is 0 Å². The van der Waals surface area contributed by atoms with E-state index < -0.39 is 5.82 Å². The summed E-state index contributed by atoms with van der Waals surface area (Å²) in [5.74, 6) is -0.774. The standard InChI is InChI=1S/C14H19FN2O/c1-17(11-5-3-2-4-6-11)14(18)12-9-10(16)7-8-13(12)15/h7-9,11H,2-6,16H2,1H3. The second-order valence-electron chi connectivity index (χ2n) is 4.95. The van der Waals surface area contributed by atoms with E-state index in [1.54, 1.807) is 11.9 Å². The zero-order chi connectivity index (χ0) is 13.1. The Balaban J connectivity index is 2.16. The summed E-state index contributed by atoms with van der Waals surface area (Å²) in [7, 11) is 1.75. The lowest BCUT2D eigenvalue weighted by molar-refractivity contribution is 0.0691. The largest absolute Gasteiger partial charge is 0.399 e. The molecular formula is C14H19FN2O. The average Bonchev–Trinajstić information content (AvgIpc) is 2.41. The van der Waals surface area contributed by atoms with Gasteiger partial charge in [-0.3, -0.25) is 4.79 Å². The highest BCUT2D eigenvalue weighted by atomic mass is 19.1. The molecule has 1 aliphatic carbocycles. The Hall–Kier alpha value is -1.58. The van der Waals surface area contributed by atoms with E-state index in [1.807, 2.05) is 0 Å². The predicted octanol–water partition coefficient (Wildman–Crippen LogP) is 2.81. The summed E-state index contributed by atoms with van der Waals surface area (Å²) in [5.41, 5.74) is 6.09. The Morgan fingerprint density at radius 3 is 2.67 bits per heavy atom. The predicted molar refractivity (Wildman–Crippen MR) is 69.8 cm³/mol. The number of carbonyl (C=O) groups is 1. The molecule has 1 aromatic rings. The summed E-state index contributed by atoms with van der Waals surface area (Å²) in [5, 5.41) is 0. The molecule has 1 amide bonds. The molecule has 1 fully saturated rings. The molecule has 1 aliphatic rings. The van der Waals surface area contributed by atoms with E-state index >= 15 is 0 Å². The molecule has 18 heavy (non-hydrogen) atoms. The number of rotatable bonds is 2. The van der Waals surface area contributed by atoms with Crippen LogP contribution in [0.4, 0.5) is 10.1 Å². The van der Waals surface area contributed by atoms with E-state index in [0.29, 0.717) is 5.69 Å². The van der Waals surface area contributed by atoms with Crippen LogP contribution in [0.15, 0.2) is 18.2 Å². The third kappa shape index (κ3) is 2.63. The van der Waals surface area contributed by atoms with Gasteiger partial charge in [0.05, 0.1) is 5.56 Å². The van der Waals surface area contributed by atoms with Crippen molar-refractivity contribution < 1.29 is 9.18 Å². The van der Waals surface area contributed by atoms with Gasteiger partial charge >= 0.3 is 0 Å². The van der Waals surface area contributed by atoms with E-state index in [9.17, 15) is 9.18 Å². The number of nitrogens with zero attached hydrogens (tertiary/aromatic N) is 1. The van der Waals surface area contributed by atoms with Gasteiger partial charge in [0.15, 0.2) is 0 Å². The monoisotopic (exact) mass is 250 g/mol. The van der Waals surface area contributed by atoms with Gasteiger partial charge in [0, 0.05) is 18.8 Å². The molecule has 4 heteroatoms. The van der Waals surface area contributed by atoms with Gasteiger partial charge in [-0.25, -0.2) is 4.39 Å².